The van der Waals surface area contributed by atoms with Crippen molar-refractivity contribution in [3.8, 4) is 0 Å². The third-order valence-electron chi connectivity index (χ3n) is 10.1. The second-order valence-electron chi connectivity index (χ2n) is 13.8. The molecule has 3 rings (SSSR count). The molecule has 1 heterocycles. The number of epoxide rings is 1. The van der Waals surface area contributed by atoms with Crippen molar-refractivity contribution in [1.82, 2.24) is 0 Å². The van der Waals surface area contributed by atoms with Crippen LogP contribution < -0.4 is 0 Å². The highest BCUT2D eigenvalue weighted by molar-refractivity contribution is 5.88. The monoisotopic (exact) mass is 704 g/mol. The van der Waals surface area contributed by atoms with Gasteiger partial charge in [-0.1, -0.05) is 26.5 Å². The van der Waals surface area contributed by atoms with Crippen LogP contribution in [0.15, 0.2) is 35.5 Å². The Labute approximate surface area is 294 Å². The molecule has 0 radical (unpaired) electrons. The van der Waals surface area contributed by atoms with Gasteiger partial charge in [-0.2, -0.15) is 0 Å². The van der Waals surface area contributed by atoms with Crippen LogP contribution in [0.1, 0.15) is 82.6 Å². The molecule has 2 aliphatic carbocycles. The van der Waals surface area contributed by atoms with E-state index in [1.807, 2.05) is 13.8 Å². The number of fused-ring (bicyclic) bond motifs is 1. The van der Waals surface area contributed by atoms with Gasteiger partial charge in [-0.05, 0) is 65.0 Å². The minimum Gasteiger partial charge on any atom is -0.462 e. The van der Waals surface area contributed by atoms with Gasteiger partial charge in [0.1, 0.15) is 30.5 Å². The third kappa shape index (κ3) is 9.01. The van der Waals surface area contributed by atoms with Crippen LogP contribution in [0.3, 0.4) is 0 Å². The number of ether oxygens (including phenoxy) is 7. The number of esters is 6. The Morgan fingerprint density at radius 1 is 0.880 bits per heavy atom. The Morgan fingerprint density at radius 2 is 1.48 bits per heavy atom. The molecule has 13 nitrogen and oxygen atoms in total. The maximum Gasteiger partial charge on any atom is 0.333 e. The molecule has 0 amide bonds. The molecule has 1 saturated heterocycles. The predicted octanol–water partition coefficient (Wildman–Crippen LogP) is 4.35. The predicted molar refractivity (Wildman–Crippen MR) is 178 cm³/mol. The van der Waals surface area contributed by atoms with Crippen molar-refractivity contribution >= 4 is 35.8 Å². The number of carbonyl (C=O) groups excluding carboxylic acids is 6. The van der Waals surface area contributed by atoms with Crippen molar-refractivity contribution in [2.24, 2.45) is 29.6 Å². The van der Waals surface area contributed by atoms with Crippen molar-refractivity contribution in [1.29, 1.82) is 0 Å². The lowest BCUT2D eigenvalue weighted by Gasteiger charge is -2.48. The molecule has 0 aromatic heterocycles. The molecule has 278 valence electrons. The molecule has 0 N–H and O–H groups in total. The third-order valence-corrected chi connectivity index (χ3v) is 10.1. The van der Waals surface area contributed by atoms with Gasteiger partial charge in [-0.3, -0.25) is 19.2 Å². The number of hydrogen-bond acceptors (Lipinski definition) is 13. The number of hydrogen-bond donors (Lipinski definition) is 0. The van der Waals surface area contributed by atoms with Crippen LogP contribution in [-0.2, 0) is 61.9 Å². The van der Waals surface area contributed by atoms with Crippen LogP contribution in [0.25, 0.3) is 0 Å². The summed E-state index contributed by atoms with van der Waals surface area (Å²) >= 11 is 0. The molecule has 0 unspecified atom stereocenters. The average Bonchev–Trinajstić information content (AvgIpc) is 3.69. The van der Waals surface area contributed by atoms with Crippen molar-refractivity contribution in [3.63, 3.8) is 0 Å². The summed E-state index contributed by atoms with van der Waals surface area (Å²) in [5.74, 6) is -7.40. The topological polar surface area (TPSA) is 170 Å². The highest BCUT2D eigenvalue weighted by Gasteiger charge is 2.71. The standard InChI is InChI=1S/C37H52O13/c1-13-17(3)35(42)49-32-27-20(6)31(48-26(41)15-19(5)21(7)45-23(9)38)34(50-36(43)18(4)14-2)30(37(12)16-44-37)29(27)28(22(8)46-24(10)39)33(32)47-25(11)40/h14-15,17,21-22,27-34H,6,13,16H2,1-5,7-12H3/b18-14-,19-15+/t17-,21-,22+,27-,28+,29-,30-,31-,32-,33+,34+,37-/m0/s1. The lowest BCUT2D eigenvalue weighted by Crippen LogP contribution is -2.58. The molecular weight excluding hydrogens is 652 g/mol. The summed E-state index contributed by atoms with van der Waals surface area (Å²) in [6, 6.07) is 0. The van der Waals surface area contributed by atoms with E-state index in [-0.39, 0.29) is 12.2 Å². The van der Waals surface area contributed by atoms with Gasteiger partial charge < -0.3 is 33.2 Å². The quantitative estimate of drug-likeness (QED) is 0.0872. The Morgan fingerprint density at radius 3 is 1.98 bits per heavy atom. The Balaban J connectivity index is 2.28. The SMILES string of the molecule is C=C1[C@@H]2[C@H](OC(=O)[C@@H](C)CC)[C@H](OC(C)=O)[C@H]([C@@H](C)OC(C)=O)[C@H]2[C@H]([C@]2(C)CO2)[C@@H](OC(=O)/C(C)=C\C)[C@H]1OC(=O)/C=C(\C)[C@H](C)OC(C)=O. The van der Waals surface area contributed by atoms with Crippen LogP contribution in [0.5, 0.6) is 0 Å². The smallest absolute Gasteiger partial charge is 0.333 e. The normalized spacial score (nSPS) is 32.4. The Kier molecular flexibility index (Phi) is 13.2. The minimum absolute atomic E-state index is 0.244. The van der Waals surface area contributed by atoms with Crippen molar-refractivity contribution < 1.29 is 61.9 Å². The van der Waals surface area contributed by atoms with Crippen LogP contribution in [0.2, 0.25) is 0 Å². The maximum absolute atomic E-state index is 13.6. The van der Waals surface area contributed by atoms with E-state index in [0.29, 0.717) is 17.6 Å². The molecule has 3 fully saturated rings. The lowest BCUT2D eigenvalue weighted by atomic mass is 9.61. The van der Waals surface area contributed by atoms with Gasteiger partial charge in [-0.15, -0.1) is 0 Å². The molecule has 13 heteroatoms. The first kappa shape index (κ1) is 40.4. The Bertz CT molecular complexity index is 1420. The first-order valence-electron chi connectivity index (χ1n) is 17.0. The second-order valence-corrected chi connectivity index (χ2v) is 13.8. The summed E-state index contributed by atoms with van der Waals surface area (Å²) in [4.78, 5) is 76.9. The van der Waals surface area contributed by atoms with Gasteiger partial charge in [-0.25, -0.2) is 9.59 Å². The minimum atomic E-state index is -1.29. The van der Waals surface area contributed by atoms with Crippen LogP contribution in [-0.4, -0.2) is 84.6 Å². The first-order chi connectivity index (χ1) is 23.3. The molecule has 0 spiro atoms. The lowest BCUT2D eigenvalue weighted by molar-refractivity contribution is -0.180. The van der Waals surface area contributed by atoms with E-state index < -0.39 is 108 Å². The van der Waals surface area contributed by atoms with E-state index in [1.165, 1.54) is 26.8 Å². The molecule has 0 aromatic carbocycles. The molecule has 12 atom stereocenters. The Hall–Kier alpha value is -4.00. The zero-order chi connectivity index (χ0) is 37.8. The largest absolute Gasteiger partial charge is 0.462 e. The van der Waals surface area contributed by atoms with E-state index in [2.05, 4.69) is 6.58 Å². The fraction of sp³-hybridized carbons (Fsp3) is 0.676. The molecule has 50 heavy (non-hydrogen) atoms. The second kappa shape index (κ2) is 16.3. The average molecular weight is 705 g/mol. The van der Waals surface area contributed by atoms with Crippen molar-refractivity contribution in [2.75, 3.05) is 6.61 Å². The van der Waals surface area contributed by atoms with Crippen LogP contribution >= 0.6 is 0 Å². The molecule has 0 bridgehead atoms. The highest BCUT2D eigenvalue weighted by Crippen LogP contribution is 2.60. The van der Waals surface area contributed by atoms with Gasteiger partial charge in [0.2, 0.25) is 0 Å². The van der Waals surface area contributed by atoms with E-state index in [1.54, 1.807) is 47.6 Å². The summed E-state index contributed by atoms with van der Waals surface area (Å²) in [6.45, 7) is 21.8. The maximum atomic E-state index is 13.6. The summed E-state index contributed by atoms with van der Waals surface area (Å²) in [5, 5.41) is 0. The summed E-state index contributed by atoms with van der Waals surface area (Å²) in [6.07, 6.45) is -3.12. The molecule has 1 aliphatic heterocycles. The van der Waals surface area contributed by atoms with E-state index in [9.17, 15) is 28.8 Å². The van der Waals surface area contributed by atoms with Crippen molar-refractivity contribution in [2.45, 2.75) is 125 Å². The summed E-state index contributed by atoms with van der Waals surface area (Å²) in [7, 11) is 0. The zero-order valence-corrected chi connectivity index (χ0v) is 30.9. The van der Waals surface area contributed by atoms with Gasteiger partial charge in [0.15, 0.2) is 6.10 Å². The van der Waals surface area contributed by atoms with Crippen LogP contribution in [0, 0.1) is 29.6 Å². The van der Waals surface area contributed by atoms with Crippen molar-refractivity contribution in [3.05, 3.63) is 35.5 Å². The van der Waals surface area contributed by atoms with E-state index in [0.717, 1.165) is 0 Å². The van der Waals surface area contributed by atoms with Crippen LogP contribution in [0.4, 0.5) is 0 Å². The highest BCUT2D eigenvalue weighted by atomic mass is 16.6. The van der Waals surface area contributed by atoms with E-state index >= 15 is 0 Å². The summed E-state index contributed by atoms with van der Waals surface area (Å²) in [5.41, 5.74) is -0.00834. The van der Waals surface area contributed by atoms with E-state index in [4.69, 9.17) is 33.2 Å². The number of carbonyl (C=O) groups is 6. The van der Waals surface area contributed by atoms with Gasteiger partial charge >= 0.3 is 35.8 Å². The molecule has 0 aromatic rings. The first-order valence-corrected chi connectivity index (χ1v) is 17.0. The van der Waals surface area contributed by atoms with Gasteiger partial charge in [0.25, 0.3) is 0 Å². The van der Waals surface area contributed by atoms with Gasteiger partial charge in [0, 0.05) is 50.2 Å². The molecule has 3 aliphatic rings. The molecular formula is C37H52O13. The zero-order valence-electron chi connectivity index (χ0n) is 30.9. The fourth-order valence-electron chi connectivity index (χ4n) is 7.12. The van der Waals surface area contributed by atoms with Gasteiger partial charge in [0.05, 0.1) is 18.1 Å². The molecule has 2 saturated carbocycles. The fourth-order valence-corrected chi connectivity index (χ4v) is 7.12. The number of allylic oxidation sites excluding steroid dienone is 1. The summed E-state index contributed by atoms with van der Waals surface area (Å²) < 4.78 is 41.2. The number of rotatable bonds is 13.